The van der Waals surface area contributed by atoms with Crippen LogP contribution in [0.5, 0.6) is 0 Å². The highest BCUT2D eigenvalue weighted by atomic mass is 16.5. The van der Waals surface area contributed by atoms with Crippen LogP contribution < -0.4 is 0 Å². The van der Waals surface area contributed by atoms with Crippen molar-refractivity contribution in [3.8, 4) is 0 Å². The molecule has 0 spiro atoms. The lowest BCUT2D eigenvalue weighted by atomic mass is 9.38. The molecule has 0 aromatic rings. The summed E-state index contributed by atoms with van der Waals surface area (Å²) in [6.07, 6.45) is 13.2. The molecule has 200 valence electrons. The topological polar surface area (TPSA) is 26.3 Å². The molecular weight excluding hydrogens is 428 g/mol. The molecule has 0 aromatic carbocycles. The lowest BCUT2D eigenvalue weighted by Crippen LogP contribution is -2.62. The normalized spacial score (nSPS) is 45.3. The Kier molecular flexibility index (Phi) is 7.16. The van der Waals surface area contributed by atoms with Gasteiger partial charge in [0.2, 0.25) is 0 Å². The molecule has 2 nitrogen and oxygen atoms in total. The van der Waals surface area contributed by atoms with Crippen molar-refractivity contribution in [1.29, 1.82) is 0 Å². The van der Waals surface area contributed by atoms with E-state index in [-0.39, 0.29) is 17.5 Å². The second-order valence-electron chi connectivity index (χ2n) is 15.2. The molecule has 0 amide bonds. The van der Waals surface area contributed by atoms with E-state index < -0.39 is 0 Å². The Morgan fingerprint density at radius 2 is 1.54 bits per heavy atom. The molecule has 4 aliphatic carbocycles. The van der Waals surface area contributed by atoms with Gasteiger partial charge in [-0.15, -0.1) is 0 Å². The van der Waals surface area contributed by atoms with Gasteiger partial charge in [-0.2, -0.15) is 0 Å². The van der Waals surface area contributed by atoms with Crippen LogP contribution in [-0.2, 0) is 9.53 Å². The predicted molar refractivity (Wildman–Crippen MR) is 147 cm³/mol. The Bertz CT molecular complexity index is 825. The van der Waals surface area contributed by atoms with Crippen molar-refractivity contribution in [3.05, 3.63) is 12.2 Å². The van der Waals surface area contributed by atoms with E-state index in [9.17, 15) is 4.79 Å². The molecule has 0 bridgehead atoms. The Morgan fingerprint density at radius 3 is 2.17 bits per heavy atom. The van der Waals surface area contributed by atoms with Gasteiger partial charge in [-0.3, -0.25) is 4.79 Å². The number of hydrogen-bond acceptors (Lipinski definition) is 2. The molecule has 0 N–H and O–H groups in total. The first-order valence-corrected chi connectivity index (χ1v) is 15.0. The van der Waals surface area contributed by atoms with E-state index in [2.05, 4.69) is 62.0 Å². The van der Waals surface area contributed by atoms with Crippen LogP contribution in [0, 0.1) is 57.2 Å². The maximum absolute atomic E-state index is 11.8. The maximum atomic E-state index is 11.8. The molecule has 35 heavy (non-hydrogen) atoms. The summed E-state index contributed by atoms with van der Waals surface area (Å²) in [5, 5.41) is 0. The Labute approximate surface area is 217 Å². The number of fused-ring (bicyclic) bond motifs is 5. The minimum atomic E-state index is -0.107. The maximum Gasteiger partial charge on any atom is 0.302 e. The van der Waals surface area contributed by atoms with Gasteiger partial charge in [0.15, 0.2) is 0 Å². The molecule has 4 rings (SSSR count). The Hall–Kier alpha value is -0.790. The van der Waals surface area contributed by atoms with Gasteiger partial charge in [0, 0.05) is 12.3 Å². The summed E-state index contributed by atoms with van der Waals surface area (Å²) in [5.74, 6) is 4.48. The van der Waals surface area contributed by atoms with E-state index in [0.29, 0.717) is 28.1 Å². The molecule has 9 atom stereocenters. The Morgan fingerprint density at radius 1 is 0.886 bits per heavy atom. The monoisotopic (exact) mass is 484 g/mol. The molecule has 0 heterocycles. The number of rotatable bonds is 6. The van der Waals surface area contributed by atoms with E-state index >= 15 is 0 Å². The molecule has 0 aliphatic heterocycles. The van der Waals surface area contributed by atoms with Gasteiger partial charge in [-0.25, -0.2) is 0 Å². The molecule has 0 aromatic heterocycles. The number of allylic oxidation sites excluding steroid dienone is 1. The molecule has 4 aliphatic rings. The molecule has 2 heteroatoms. The number of hydrogen-bond donors (Lipinski definition) is 0. The third-order valence-corrected chi connectivity index (χ3v) is 13.2. The predicted octanol–water partition coefficient (Wildman–Crippen LogP) is 9.23. The van der Waals surface area contributed by atoms with Gasteiger partial charge < -0.3 is 4.74 Å². The summed E-state index contributed by atoms with van der Waals surface area (Å²) in [6.45, 7) is 25.9. The van der Waals surface area contributed by atoms with E-state index in [1.165, 1.54) is 63.4 Å². The average molecular weight is 485 g/mol. The van der Waals surface area contributed by atoms with Crippen molar-refractivity contribution < 1.29 is 9.53 Å². The van der Waals surface area contributed by atoms with Crippen molar-refractivity contribution in [1.82, 2.24) is 0 Å². The number of carbonyl (C=O) groups excluding carboxylic acids is 1. The summed E-state index contributed by atoms with van der Waals surface area (Å²) in [5.41, 5.74) is 2.82. The van der Waals surface area contributed by atoms with E-state index in [0.717, 1.165) is 30.1 Å². The van der Waals surface area contributed by atoms with Crippen LogP contribution in [-0.4, -0.2) is 12.1 Å². The third-order valence-electron chi connectivity index (χ3n) is 13.2. The largest absolute Gasteiger partial charge is 0.462 e. The van der Waals surface area contributed by atoms with Gasteiger partial charge in [-0.1, -0.05) is 67.5 Å². The first kappa shape index (κ1) is 27.3. The van der Waals surface area contributed by atoms with Crippen LogP contribution in [0.4, 0.5) is 0 Å². The standard InChI is InChI=1S/C33H56O2/c1-21(2)22(3)11-12-23(4)25-15-19-33(10)27-13-14-28-30(6,7)29(35-24(5)34)17-18-31(28,8)26(27)16-20-32(25,33)9/h21,23,25-29H,3,11-20H2,1-2,4-10H3/t23-,25-,26+,27-,28-,29-,31+,32+,33+/m0/s1. The first-order valence-electron chi connectivity index (χ1n) is 15.0. The molecule has 0 radical (unpaired) electrons. The fourth-order valence-corrected chi connectivity index (χ4v) is 10.8. The van der Waals surface area contributed by atoms with Crippen molar-refractivity contribution >= 4 is 5.97 Å². The average Bonchev–Trinajstić information content (AvgIpc) is 3.05. The van der Waals surface area contributed by atoms with Gasteiger partial charge in [0.05, 0.1) is 0 Å². The molecule has 0 saturated heterocycles. The summed E-state index contributed by atoms with van der Waals surface area (Å²) in [7, 11) is 0. The number of esters is 1. The first-order chi connectivity index (χ1) is 16.2. The van der Waals surface area contributed by atoms with E-state index in [1.807, 2.05) is 0 Å². The SMILES string of the molecule is C=C(CC[C@H](C)[C@@H]1CC[C@]2(C)[C@H]3CC[C@H]4C(C)(C)[C@@H](OC(C)=O)CC[C@]4(C)[C@@H]3CC[C@]12C)C(C)C. The van der Waals surface area contributed by atoms with Gasteiger partial charge in [-0.05, 0) is 116 Å². The fourth-order valence-electron chi connectivity index (χ4n) is 10.8. The summed E-state index contributed by atoms with van der Waals surface area (Å²) >= 11 is 0. The van der Waals surface area contributed by atoms with Crippen LogP contribution in [0.15, 0.2) is 12.2 Å². The molecule has 0 unspecified atom stereocenters. The summed E-state index contributed by atoms with van der Waals surface area (Å²) in [4.78, 5) is 11.8. The highest BCUT2D eigenvalue weighted by Gasteiger charge is 2.67. The lowest BCUT2D eigenvalue weighted by Gasteiger charge is -2.67. The second kappa shape index (κ2) is 9.20. The summed E-state index contributed by atoms with van der Waals surface area (Å²) in [6, 6.07) is 0. The minimum absolute atomic E-state index is 0.0663. The molecule has 4 saturated carbocycles. The number of carbonyl (C=O) groups is 1. The highest BCUT2D eigenvalue weighted by Crippen LogP contribution is 2.74. The van der Waals surface area contributed by atoms with Crippen molar-refractivity contribution in [2.75, 3.05) is 0 Å². The van der Waals surface area contributed by atoms with Crippen molar-refractivity contribution in [3.63, 3.8) is 0 Å². The summed E-state index contributed by atoms with van der Waals surface area (Å²) < 4.78 is 5.89. The zero-order chi connectivity index (χ0) is 26.0. The van der Waals surface area contributed by atoms with Gasteiger partial charge in [0.1, 0.15) is 6.10 Å². The zero-order valence-electron chi connectivity index (χ0n) is 24.6. The minimum Gasteiger partial charge on any atom is -0.462 e. The Balaban J connectivity index is 1.54. The van der Waals surface area contributed by atoms with Crippen molar-refractivity contribution in [2.45, 2.75) is 133 Å². The zero-order valence-corrected chi connectivity index (χ0v) is 24.6. The van der Waals surface area contributed by atoms with Gasteiger partial charge in [0.25, 0.3) is 0 Å². The molecule has 4 fully saturated rings. The van der Waals surface area contributed by atoms with Crippen molar-refractivity contribution in [2.24, 2.45) is 57.2 Å². The number of ether oxygens (including phenoxy) is 1. The molecular formula is C33H56O2. The van der Waals surface area contributed by atoms with Crippen LogP contribution in [0.25, 0.3) is 0 Å². The van der Waals surface area contributed by atoms with E-state index in [1.54, 1.807) is 6.92 Å². The lowest BCUT2D eigenvalue weighted by molar-refractivity contribution is -0.209. The van der Waals surface area contributed by atoms with E-state index in [4.69, 9.17) is 4.74 Å². The van der Waals surface area contributed by atoms with Crippen LogP contribution >= 0.6 is 0 Å². The van der Waals surface area contributed by atoms with Gasteiger partial charge >= 0.3 is 5.97 Å². The van der Waals surface area contributed by atoms with Crippen LogP contribution in [0.2, 0.25) is 0 Å². The highest BCUT2D eigenvalue weighted by molar-refractivity contribution is 5.66. The fraction of sp³-hybridized carbons (Fsp3) is 0.909. The quantitative estimate of drug-likeness (QED) is 0.277. The van der Waals surface area contributed by atoms with Crippen LogP contribution in [0.1, 0.15) is 127 Å². The smallest absolute Gasteiger partial charge is 0.302 e. The second-order valence-corrected chi connectivity index (χ2v) is 15.2. The third kappa shape index (κ3) is 4.16. The van der Waals surface area contributed by atoms with Crippen LogP contribution in [0.3, 0.4) is 0 Å².